The molecule has 2 heterocycles. The first kappa shape index (κ1) is 14.1. The van der Waals surface area contributed by atoms with E-state index in [1.807, 2.05) is 25.1 Å². The van der Waals surface area contributed by atoms with Gasteiger partial charge in [-0.1, -0.05) is 6.92 Å². The fourth-order valence-electron chi connectivity index (χ4n) is 2.99. The van der Waals surface area contributed by atoms with E-state index in [2.05, 4.69) is 16.8 Å². The molecule has 0 atom stereocenters. The molecule has 1 fully saturated rings. The number of ether oxygens (including phenoxy) is 1. The molecule has 1 saturated heterocycles. The molecule has 112 valence electrons. The number of aromatic nitrogens is 1. The lowest BCUT2D eigenvalue weighted by Gasteiger charge is -2.31. The number of hydrogen-bond acceptors (Lipinski definition) is 3. The number of aromatic amines is 1. The molecule has 0 spiro atoms. The van der Waals surface area contributed by atoms with Gasteiger partial charge < -0.3 is 14.6 Å². The molecular formula is C17H22N2O2. The van der Waals surface area contributed by atoms with Gasteiger partial charge in [-0.05, 0) is 55.5 Å². The highest BCUT2D eigenvalue weighted by Crippen LogP contribution is 2.24. The van der Waals surface area contributed by atoms with Gasteiger partial charge >= 0.3 is 0 Å². The Balaban J connectivity index is 1.79. The summed E-state index contributed by atoms with van der Waals surface area (Å²) in [5.74, 6) is 0.867. The van der Waals surface area contributed by atoms with Crippen molar-refractivity contribution in [3.05, 3.63) is 40.3 Å². The summed E-state index contributed by atoms with van der Waals surface area (Å²) < 4.78 is 6.11. The topological polar surface area (TPSA) is 45.3 Å². The minimum Gasteiger partial charge on any atom is -0.490 e. The predicted molar refractivity (Wildman–Crippen MR) is 85.1 cm³/mol. The first-order valence-corrected chi connectivity index (χ1v) is 7.68. The molecule has 21 heavy (non-hydrogen) atoms. The van der Waals surface area contributed by atoms with Gasteiger partial charge in [-0.2, -0.15) is 0 Å². The van der Waals surface area contributed by atoms with Crippen LogP contribution in [0.5, 0.6) is 5.75 Å². The van der Waals surface area contributed by atoms with E-state index in [-0.39, 0.29) is 11.7 Å². The van der Waals surface area contributed by atoms with Gasteiger partial charge in [0, 0.05) is 24.7 Å². The Morgan fingerprint density at radius 2 is 2.05 bits per heavy atom. The molecule has 2 aromatic rings. The molecule has 1 aliphatic rings. The molecule has 1 aromatic heterocycles. The van der Waals surface area contributed by atoms with Crippen molar-refractivity contribution in [1.82, 2.24) is 9.88 Å². The molecule has 1 aromatic carbocycles. The highest BCUT2D eigenvalue weighted by Gasteiger charge is 2.19. The van der Waals surface area contributed by atoms with Crippen molar-refractivity contribution < 1.29 is 4.74 Å². The molecule has 4 heteroatoms. The minimum absolute atomic E-state index is 0.0431. The van der Waals surface area contributed by atoms with Crippen molar-refractivity contribution in [1.29, 1.82) is 0 Å². The number of H-pyrrole nitrogens is 1. The SMILES string of the molecule is CCN1CCC(Oc2ccc3c(=O)[nH]cc(C)c3c2)CC1. The van der Waals surface area contributed by atoms with Gasteiger partial charge in [0.25, 0.3) is 5.56 Å². The highest BCUT2D eigenvalue weighted by atomic mass is 16.5. The fourth-order valence-corrected chi connectivity index (χ4v) is 2.99. The summed E-state index contributed by atoms with van der Waals surface area (Å²) in [6.45, 7) is 7.53. The number of benzene rings is 1. The first-order valence-electron chi connectivity index (χ1n) is 7.68. The van der Waals surface area contributed by atoms with Gasteiger partial charge in [-0.3, -0.25) is 4.79 Å². The van der Waals surface area contributed by atoms with Gasteiger partial charge in [0.15, 0.2) is 0 Å². The van der Waals surface area contributed by atoms with E-state index in [9.17, 15) is 4.79 Å². The van der Waals surface area contributed by atoms with Crippen LogP contribution in [-0.4, -0.2) is 35.6 Å². The summed E-state index contributed by atoms with van der Waals surface area (Å²) in [4.78, 5) is 17.0. The van der Waals surface area contributed by atoms with Crippen LogP contribution in [0.4, 0.5) is 0 Å². The largest absolute Gasteiger partial charge is 0.490 e. The molecule has 1 N–H and O–H groups in total. The number of likely N-dealkylation sites (tertiary alicyclic amines) is 1. The second-order valence-corrected chi connectivity index (χ2v) is 5.76. The maximum atomic E-state index is 11.8. The molecule has 0 radical (unpaired) electrons. The number of pyridine rings is 1. The van der Waals surface area contributed by atoms with Gasteiger partial charge in [-0.15, -0.1) is 0 Å². The quantitative estimate of drug-likeness (QED) is 0.943. The van der Waals surface area contributed by atoms with Gasteiger partial charge in [-0.25, -0.2) is 0 Å². The lowest BCUT2D eigenvalue weighted by Crippen LogP contribution is -2.37. The van der Waals surface area contributed by atoms with Gasteiger partial charge in [0.05, 0.1) is 0 Å². The van der Waals surface area contributed by atoms with Crippen molar-refractivity contribution in [2.75, 3.05) is 19.6 Å². The molecule has 4 nitrogen and oxygen atoms in total. The summed E-state index contributed by atoms with van der Waals surface area (Å²) >= 11 is 0. The molecule has 0 saturated carbocycles. The van der Waals surface area contributed by atoms with E-state index < -0.39 is 0 Å². The third kappa shape index (κ3) is 2.95. The molecule has 0 unspecified atom stereocenters. The fraction of sp³-hybridized carbons (Fsp3) is 0.471. The Kier molecular flexibility index (Phi) is 3.97. The Labute approximate surface area is 124 Å². The summed E-state index contributed by atoms with van der Waals surface area (Å²) in [5.41, 5.74) is 1.02. The number of fused-ring (bicyclic) bond motifs is 1. The average Bonchev–Trinajstić information content (AvgIpc) is 2.52. The molecule has 1 aliphatic heterocycles. The highest BCUT2D eigenvalue weighted by molar-refractivity contribution is 5.85. The molecule has 0 aliphatic carbocycles. The predicted octanol–water partition coefficient (Wildman–Crippen LogP) is 2.70. The Morgan fingerprint density at radius 1 is 1.29 bits per heavy atom. The first-order chi connectivity index (χ1) is 10.2. The van der Waals surface area contributed by atoms with Crippen LogP contribution in [-0.2, 0) is 0 Å². The Hall–Kier alpha value is -1.81. The second kappa shape index (κ2) is 5.90. The number of nitrogens with one attached hydrogen (secondary N) is 1. The zero-order valence-electron chi connectivity index (χ0n) is 12.7. The lowest BCUT2D eigenvalue weighted by atomic mass is 10.1. The molecule has 3 rings (SSSR count). The minimum atomic E-state index is -0.0431. The van der Waals surface area contributed by atoms with Crippen molar-refractivity contribution in [3.8, 4) is 5.75 Å². The summed E-state index contributed by atoms with van der Waals surface area (Å²) in [6, 6.07) is 5.76. The number of piperidine rings is 1. The number of nitrogens with zero attached hydrogens (tertiary/aromatic N) is 1. The van der Waals surface area contributed by atoms with E-state index >= 15 is 0 Å². The van der Waals surface area contributed by atoms with Gasteiger partial charge in [0.1, 0.15) is 11.9 Å². The van der Waals surface area contributed by atoms with Crippen LogP contribution in [0.25, 0.3) is 10.8 Å². The monoisotopic (exact) mass is 286 g/mol. The van der Waals surface area contributed by atoms with E-state index in [4.69, 9.17) is 4.74 Å². The zero-order chi connectivity index (χ0) is 14.8. The Morgan fingerprint density at radius 3 is 2.76 bits per heavy atom. The molecule has 0 amide bonds. The van der Waals surface area contributed by atoms with Crippen LogP contribution in [0.1, 0.15) is 25.3 Å². The maximum absolute atomic E-state index is 11.8. The van der Waals surface area contributed by atoms with Crippen molar-refractivity contribution in [2.45, 2.75) is 32.8 Å². The summed E-state index contributed by atoms with van der Waals surface area (Å²) in [6.07, 6.45) is 4.18. The van der Waals surface area contributed by atoms with Gasteiger partial charge in [0.2, 0.25) is 0 Å². The third-order valence-electron chi connectivity index (χ3n) is 4.36. The summed E-state index contributed by atoms with van der Waals surface area (Å²) in [7, 11) is 0. The van der Waals surface area contributed by atoms with E-state index in [0.29, 0.717) is 0 Å². The summed E-state index contributed by atoms with van der Waals surface area (Å²) in [5, 5.41) is 1.70. The van der Waals surface area contributed by atoms with Crippen LogP contribution in [0.15, 0.2) is 29.2 Å². The maximum Gasteiger partial charge on any atom is 0.255 e. The van der Waals surface area contributed by atoms with Crippen LogP contribution < -0.4 is 10.3 Å². The number of rotatable bonds is 3. The Bertz CT molecular complexity index is 685. The third-order valence-corrected chi connectivity index (χ3v) is 4.36. The van der Waals surface area contributed by atoms with Crippen molar-refractivity contribution >= 4 is 10.8 Å². The van der Waals surface area contributed by atoms with E-state index in [1.54, 1.807) is 6.20 Å². The van der Waals surface area contributed by atoms with Crippen LogP contribution in [0.2, 0.25) is 0 Å². The normalized spacial score (nSPS) is 17.2. The van der Waals surface area contributed by atoms with Crippen molar-refractivity contribution in [2.24, 2.45) is 0 Å². The second-order valence-electron chi connectivity index (χ2n) is 5.76. The average molecular weight is 286 g/mol. The van der Waals surface area contributed by atoms with E-state index in [1.165, 1.54) is 0 Å². The van der Waals surface area contributed by atoms with Crippen LogP contribution >= 0.6 is 0 Å². The smallest absolute Gasteiger partial charge is 0.255 e. The van der Waals surface area contributed by atoms with Crippen molar-refractivity contribution in [3.63, 3.8) is 0 Å². The number of aryl methyl sites for hydroxylation is 1. The van der Waals surface area contributed by atoms with Crippen LogP contribution in [0.3, 0.4) is 0 Å². The lowest BCUT2D eigenvalue weighted by molar-refractivity contribution is 0.104. The zero-order valence-corrected chi connectivity index (χ0v) is 12.7. The van der Waals surface area contributed by atoms with E-state index in [0.717, 1.165) is 54.6 Å². The number of hydrogen-bond donors (Lipinski definition) is 1. The molecular weight excluding hydrogens is 264 g/mol. The van der Waals surface area contributed by atoms with Crippen LogP contribution in [0, 0.1) is 6.92 Å². The molecule has 0 bridgehead atoms. The standard InChI is InChI=1S/C17H22N2O2/c1-3-19-8-6-13(7-9-19)21-14-4-5-15-16(10-14)12(2)11-18-17(15)20/h4-5,10-11,13H,3,6-9H2,1-2H3,(H,18,20).